The summed E-state index contributed by atoms with van der Waals surface area (Å²) in [5, 5.41) is 11.9. The van der Waals surface area contributed by atoms with Crippen molar-refractivity contribution in [3.63, 3.8) is 0 Å². The molecule has 0 aliphatic rings. The zero-order chi connectivity index (χ0) is 15.1. The number of phenolic OH excluding ortho intramolecular Hbond substituents is 1. The molecule has 0 radical (unpaired) electrons. The first-order chi connectivity index (χ1) is 9.43. The molecule has 1 aromatic carbocycles. The van der Waals surface area contributed by atoms with E-state index in [1.165, 1.54) is 0 Å². The number of nitrogens with two attached hydrogens (primary N) is 1. The number of amides is 2. The van der Waals surface area contributed by atoms with Gasteiger partial charge >= 0.3 is 0 Å². The van der Waals surface area contributed by atoms with Crippen LogP contribution in [-0.4, -0.2) is 23.0 Å². The molecule has 0 aromatic heterocycles. The summed E-state index contributed by atoms with van der Waals surface area (Å²) in [5.74, 6) is -0.478. The molecule has 110 valence electrons. The van der Waals surface area contributed by atoms with Crippen molar-refractivity contribution in [3.8, 4) is 5.75 Å². The SMILES string of the molecule is CCC(C)C(NC(=O)CCc1ccc(O)cc1)C(N)=O. The summed E-state index contributed by atoms with van der Waals surface area (Å²) in [6.07, 6.45) is 1.61. The zero-order valence-corrected chi connectivity index (χ0v) is 11.9. The van der Waals surface area contributed by atoms with Crippen LogP contribution in [0.2, 0.25) is 0 Å². The minimum Gasteiger partial charge on any atom is -0.508 e. The molecule has 4 N–H and O–H groups in total. The minimum atomic E-state index is -0.618. The van der Waals surface area contributed by atoms with Crippen LogP contribution in [0.5, 0.6) is 5.75 Å². The van der Waals surface area contributed by atoms with E-state index >= 15 is 0 Å². The van der Waals surface area contributed by atoms with Crippen molar-refractivity contribution in [1.82, 2.24) is 5.32 Å². The molecule has 5 heteroatoms. The Morgan fingerprint density at radius 1 is 1.30 bits per heavy atom. The molecule has 0 heterocycles. The summed E-state index contributed by atoms with van der Waals surface area (Å²) in [4.78, 5) is 23.2. The largest absolute Gasteiger partial charge is 0.508 e. The van der Waals surface area contributed by atoms with Crippen LogP contribution in [0.4, 0.5) is 0 Å². The molecule has 5 nitrogen and oxygen atoms in total. The highest BCUT2D eigenvalue weighted by atomic mass is 16.3. The van der Waals surface area contributed by atoms with E-state index in [1.54, 1.807) is 24.3 Å². The number of hydrogen-bond donors (Lipinski definition) is 3. The van der Waals surface area contributed by atoms with Gasteiger partial charge in [0, 0.05) is 6.42 Å². The minimum absolute atomic E-state index is 0.0186. The number of carbonyl (C=O) groups is 2. The lowest BCUT2D eigenvalue weighted by Crippen LogP contribution is -2.48. The van der Waals surface area contributed by atoms with Crippen molar-refractivity contribution in [2.24, 2.45) is 11.7 Å². The lowest BCUT2D eigenvalue weighted by atomic mass is 9.98. The normalized spacial score (nSPS) is 13.5. The Hall–Kier alpha value is -2.04. The molecule has 0 aliphatic carbocycles. The number of primary amides is 1. The molecule has 2 amide bonds. The van der Waals surface area contributed by atoms with Crippen molar-refractivity contribution in [2.75, 3.05) is 0 Å². The molecule has 0 aliphatic heterocycles. The number of rotatable bonds is 7. The van der Waals surface area contributed by atoms with Gasteiger partial charge in [-0.05, 0) is 30.0 Å². The Balaban J connectivity index is 2.49. The summed E-state index contributed by atoms with van der Waals surface area (Å²) < 4.78 is 0. The Morgan fingerprint density at radius 2 is 1.90 bits per heavy atom. The quantitative estimate of drug-likeness (QED) is 0.702. The Morgan fingerprint density at radius 3 is 2.40 bits per heavy atom. The van der Waals surface area contributed by atoms with Gasteiger partial charge in [-0.25, -0.2) is 0 Å². The first kappa shape index (κ1) is 16.0. The lowest BCUT2D eigenvalue weighted by molar-refractivity contribution is -0.128. The second kappa shape index (κ2) is 7.53. The van der Waals surface area contributed by atoms with E-state index in [9.17, 15) is 14.7 Å². The molecule has 1 rings (SSSR count). The topological polar surface area (TPSA) is 92.4 Å². The third-order valence-electron chi connectivity index (χ3n) is 3.41. The number of nitrogens with one attached hydrogen (secondary N) is 1. The number of aromatic hydroxyl groups is 1. The maximum absolute atomic E-state index is 11.9. The predicted molar refractivity (Wildman–Crippen MR) is 77.0 cm³/mol. The molecule has 0 spiro atoms. The highest BCUT2D eigenvalue weighted by Crippen LogP contribution is 2.12. The second-order valence-electron chi connectivity index (χ2n) is 5.00. The number of benzene rings is 1. The summed E-state index contributed by atoms with van der Waals surface area (Å²) in [7, 11) is 0. The standard InChI is InChI=1S/C15H22N2O3/c1-3-10(2)14(15(16)20)17-13(19)9-6-11-4-7-12(18)8-5-11/h4-5,7-8,10,14,18H,3,6,9H2,1-2H3,(H2,16,20)(H,17,19). The maximum atomic E-state index is 11.9. The molecular formula is C15H22N2O3. The van der Waals surface area contributed by atoms with Crippen LogP contribution in [-0.2, 0) is 16.0 Å². The summed E-state index contributed by atoms with van der Waals surface area (Å²) in [6.45, 7) is 3.83. The summed E-state index contributed by atoms with van der Waals surface area (Å²) in [5.41, 5.74) is 6.26. The van der Waals surface area contributed by atoms with Crippen LogP contribution < -0.4 is 11.1 Å². The van der Waals surface area contributed by atoms with E-state index < -0.39 is 11.9 Å². The van der Waals surface area contributed by atoms with E-state index in [-0.39, 0.29) is 24.0 Å². The first-order valence-corrected chi connectivity index (χ1v) is 6.80. The van der Waals surface area contributed by atoms with Gasteiger partial charge in [0.1, 0.15) is 11.8 Å². The maximum Gasteiger partial charge on any atom is 0.240 e. The van der Waals surface area contributed by atoms with E-state index in [0.717, 1.165) is 12.0 Å². The number of phenols is 1. The number of aryl methyl sites for hydroxylation is 1. The second-order valence-corrected chi connectivity index (χ2v) is 5.00. The van der Waals surface area contributed by atoms with Crippen molar-refractivity contribution >= 4 is 11.8 Å². The molecule has 0 saturated carbocycles. The zero-order valence-electron chi connectivity index (χ0n) is 11.9. The van der Waals surface area contributed by atoms with Crippen molar-refractivity contribution in [2.45, 2.75) is 39.2 Å². The molecule has 1 aromatic rings. The molecular weight excluding hydrogens is 256 g/mol. The van der Waals surface area contributed by atoms with Gasteiger partial charge in [-0.1, -0.05) is 32.4 Å². The Kier molecular flexibility index (Phi) is 6.03. The average molecular weight is 278 g/mol. The molecule has 2 unspecified atom stereocenters. The fraction of sp³-hybridized carbons (Fsp3) is 0.467. The van der Waals surface area contributed by atoms with Gasteiger partial charge in [0.05, 0.1) is 0 Å². The van der Waals surface area contributed by atoms with Crippen LogP contribution in [0.25, 0.3) is 0 Å². The van der Waals surface area contributed by atoms with Crippen molar-refractivity contribution < 1.29 is 14.7 Å². The number of carbonyl (C=O) groups excluding carboxylic acids is 2. The highest BCUT2D eigenvalue weighted by molar-refractivity contribution is 5.86. The van der Waals surface area contributed by atoms with E-state index in [2.05, 4.69) is 5.32 Å². The molecule has 0 fully saturated rings. The summed E-state index contributed by atoms with van der Waals surface area (Å²) in [6, 6.07) is 6.08. The Bertz CT molecular complexity index is 457. The molecule has 0 bridgehead atoms. The predicted octanol–water partition coefficient (Wildman–Crippen LogP) is 1.34. The Labute approximate surface area is 119 Å². The van der Waals surface area contributed by atoms with Gasteiger partial charge in [0.25, 0.3) is 0 Å². The fourth-order valence-electron chi connectivity index (χ4n) is 1.90. The highest BCUT2D eigenvalue weighted by Gasteiger charge is 2.23. The molecule has 20 heavy (non-hydrogen) atoms. The van der Waals surface area contributed by atoms with Gasteiger partial charge < -0.3 is 16.2 Å². The first-order valence-electron chi connectivity index (χ1n) is 6.80. The van der Waals surface area contributed by atoms with E-state index in [4.69, 9.17) is 5.73 Å². The van der Waals surface area contributed by atoms with Crippen LogP contribution in [0.3, 0.4) is 0 Å². The molecule has 0 saturated heterocycles. The van der Waals surface area contributed by atoms with Gasteiger partial charge in [-0.15, -0.1) is 0 Å². The van der Waals surface area contributed by atoms with Crippen molar-refractivity contribution in [3.05, 3.63) is 29.8 Å². The fourth-order valence-corrected chi connectivity index (χ4v) is 1.90. The lowest BCUT2D eigenvalue weighted by Gasteiger charge is -2.21. The van der Waals surface area contributed by atoms with Crippen LogP contribution in [0, 0.1) is 5.92 Å². The van der Waals surface area contributed by atoms with E-state index in [0.29, 0.717) is 6.42 Å². The number of hydrogen-bond acceptors (Lipinski definition) is 3. The van der Waals surface area contributed by atoms with Gasteiger partial charge in [0.2, 0.25) is 11.8 Å². The third kappa shape index (κ3) is 4.91. The van der Waals surface area contributed by atoms with Gasteiger partial charge in [-0.2, -0.15) is 0 Å². The monoisotopic (exact) mass is 278 g/mol. The van der Waals surface area contributed by atoms with Crippen LogP contribution in [0.15, 0.2) is 24.3 Å². The van der Waals surface area contributed by atoms with Crippen LogP contribution in [0.1, 0.15) is 32.3 Å². The molecule has 2 atom stereocenters. The van der Waals surface area contributed by atoms with Gasteiger partial charge in [-0.3, -0.25) is 9.59 Å². The van der Waals surface area contributed by atoms with E-state index in [1.807, 2.05) is 13.8 Å². The average Bonchev–Trinajstić information content (AvgIpc) is 2.43. The smallest absolute Gasteiger partial charge is 0.240 e. The summed E-state index contributed by atoms with van der Waals surface area (Å²) >= 11 is 0. The van der Waals surface area contributed by atoms with Crippen LogP contribution >= 0.6 is 0 Å². The van der Waals surface area contributed by atoms with Crippen molar-refractivity contribution in [1.29, 1.82) is 0 Å². The third-order valence-corrected chi connectivity index (χ3v) is 3.41. The van der Waals surface area contributed by atoms with Gasteiger partial charge in [0.15, 0.2) is 0 Å².